The predicted molar refractivity (Wildman–Crippen MR) is 129 cm³/mol. The number of carbonyl (C=O) groups is 3. The molecule has 2 atom stereocenters. The maximum atomic E-state index is 14.0. The van der Waals surface area contributed by atoms with Gasteiger partial charge in [-0.25, -0.2) is 0 Å². The van der Waals surface area contributed by atoms with Gasteiger partial charge in [-0.05, 0) is 58.1 Å². The summed E-state index contributed by atoms with van der Waals surface area (Å²) < 4.78 is 5.82. The molecule has 2 aromatic rings. The number of rotatable bonds is 3. The summed E-state index contributed by atoms with van der Waals surface area (Å²) in [5.74, 6) is -2.29. The van der Waals surface area contributed by atoms with E-state index in [4.69, 9.17) is 4.74 Å². The average Bonchev–Trinajstić information content (AvgIpc) is 3.10. The maximum Gasteiger partial charge on any atom is 0.194 e. The van der Waals surface area contributed by atoms with Gasteiger partial charge in [0.25, 0.3) is 0 Å². The minimum absolute atomic E-state index is 0.00902. The fourth-order valence-electron chi connectivity index (χ4n) is 5.60. The molecule has 1 aliphatic heterocycles. The molecule has 0 aromatic heterocycles. The smallest absolute Gasteiger partial charge is 0.194 e. The molecule has 0 amide bonds. The molecular weight excluding hydrogens is 446 g/mol. The number of aryl methyl sites for hydroxylation is 1. The van der Waals surface area contributed by atoms with E-state index in [-0.39, 0.29) is 45.6 Å². The van der Waals surface area contributed by atoms with Crippen LogP contribution in [0.15, 0.2) is 47.4 Å². The number of phenolic OH excluding ortho intramolecular Hbond substituents is 2. The van der Waals surface area contributed by atoms with Crippen LogP contribution in [0.3, 0.4) is 0 Å². The van der Waals surface area contributed by atoms with Crippen molar-refractivity contribution < 1.29 is 29.3 Å². The van der Waals surface area contributed by atoms with Crippen molar-refractivity contribution in [1.82, 2.24) is 5.32 Å². The Morgan fingerprint density at radius 1 is 1.14 bits per heavy atom. The second kappa shape index (κ2) is 7.83. The number of Topliss-reactive ketones (excluding diaryl/α,β-unsaturated/α-hetero) is 2. The monoisotopic (exact) mass is 473 g/mol. The van der Waals surface area contributed by atoms with Crippen molar-refractivity contribution in [3.05, 3.63) is 75.2 Å². The van der Waals surface area contributed by atoms with Crippen LogP contribution < -0.4 is 10.1 Å². The fraction of sp³-hybridized carbons (Fsp3) is 0.321. The number of phenols is 2. The lowest BCUT2D eigenvalue weighted by Gasteiger charge is -2.31. The SMILES string of the molecule is CC(=O)c1c(O)c(C)c(O)c2c1OC1=CC(=O)C(=C(C)NC3CCCc4ccccc43)C(=O)[C@@]12C. The van der Waals surface area contributed by atoms with Crippen LogP contribution in [0, 0.1) is 6.92 Å². The number of hydrogen-bond acceptors (Lipinski definition) is 7. The van der Waals surface area contributed by atoms with Crippen molar-refractivity contribution in [3.63, 3.8) is 0 Å². The molecule has 0 bridgehead atoms. The molecule has 1 heterocycles. The number of allylic oxidation sites excluding steroid dienone is 4. The molecule has 35 heavy (non-hydrogen) atoms. The Kier molecular flexibility index (Phi) is 5.13. The van der Waals surface area contributed by atoms with Gasteiger partial charge in [0.1, 0.15) is 34.0 Å². The third kappa shape index (κ3) is 3.14. The highest BCUT2D eigenvalue weighted by Crippen LogP contribution is 2.57. The lowest BCUT2D eigenvalue weighted by Crippen LogP contribution is -2.41. The van der Waals surface area contributed by atoms with Crippen molar-refractivity contribution >= 4 is 17.3 Å². The number of ketones is 3. The summed E-state index contributed by atoms with van der Waals surface area (Å²) in [5, 5.41) is 24.8. The molecular formula is C28H27NO6. The molecule has 5 rings (SSSR count). The molecule has 1 unspecified atom stereocenters. The Morgan fingerprint density at radius 3 is 2.57 bits per heavy atom. The molecule has 180 valence electrons. The maximum absolute atomic E-state index is 14.0. The van der Waals surface area contributed by atoms with Gasteiger partial charge in [-0.1, -0.05) is 24.3 Å². The van der Waals surface area contributed by atoms with E-state index in [1.807, 2.05) is 12.1 Å². The fourth-order valence-corrected chi connectivity index (χ4v) is 5.60. The minimum Gasteiger partial charge on any atom is -0.507 e. The zero-order valence-corrected chi connectivity index (χ0v) is 20.1. The second-order valence-corrected chi connectivity index (χ2v) is 9.67. The van der Waals surface area contributed by atoms with E-state index in [1.54, 1.807) is 13.8 Å². The van der Waals surface area contributed by atoms with E-state index in [2.05, 4.69) is 17.4 Å². The van der Waals surface area contributed by atoms with E-state index >= 15 is 0 Å². The summed E-state index contributed by atoms with van der Waals surface area (Å²) in [6.07, 6.45) is 4.10. The van der Waals surface area contributed by atoms with Crippen LogP contribution in [0.2, 0.25) is 0 Å². The number of carbonyl (C=O) groups excluding carboxylic acids is 3. The first-order valence-electron chi connectivity index (χ1n) is 11.7. The normalized spacial score (nSPS) is 24.1. The van der Waals surface area contributed by atoms with E-state index in [0.717, 1.165) is 24.8 Å². The van der Waals surface area contributed by atoms with Crippen LogP contribution in [-0.2, 0) is 21.4 Å². The average molecular weight is 474 g/mol. The van der Waals surface area contributed by atoms with E-state index in [1.165, 1.54) is 25.5 Å². The third-order valence-corrected chi connectivity index (χ3v) is 7.52. The van der Waals surface area contributed by atoms with Crippen LogP contribution in [-0.4, -0.2) is 27.6 Å². The Morgan fingerprint density at radius 2 is 1.86 bits per heavy atom. The Hall–Kier alpha value is -3.87. The van der Waals surface area contributed by atoms with Crippen LogP contribution in [0.5, 0.6) is 17.2 Å². The van der Waals surface area contributed by atoms with Gasteiger partial charge in [0, 0.05) is 17.3 Å². The van der Waals surface area contributed by atoms with Gasteiger partial charge in [0.05, 0.1) is 17.2 Å². The van der Waals surface area contributed by atoms with E-state index in [0.29, 0.717) is 5.70 Å². The Bertz CT molecular complexity index is 1400. The molecule has 0 radical (unpaired) electrons. The molecule has 2 aliphatic carbocycles. The molecule has 7 heteroatoms. The van der Waals surface area contributed by atoms with E-state index in [9.17, 15) is 24.6 Å². The summed E-state index contributed by atoms with van der Waals surface area (Å²) in [7, 11) is 0. The first-order valence-corrected chi connectivity index (χ1v) is 11.7. The van der Waals surface area contributed by atoms with Crippen molar-refractivity contribution in [2.45, 2.75) is 58.4 Å². The van der Waals surface area contributed by atoms with Gasteiger partial charge >= 0.3 is 0 Å². The number of ether oxygens (including phenoxy) is 1. The number of aromatic hydroxyl groups is 2. The number of hydrogen-bond donors (Lipinski definition) is 3. The quantitative estimate of drug-likeness (QED) is 0.347. The van der Waals surface area contributed by atoms with Crippen molar-refractivity contribution in [3.8, 4) is 17.2 Å². The Labute approximate surface area is 203 Å². The van der Waals surface area contributed by atoms with Crippen molar-refractivity contribution in [1.29, 1.82) is 0 Å². The molecule has 0 saturated heterocycles. The van der Waals surface area contributed by atoms with Gasteiger partial charge in [-0.3, -0.25) is 14.4 Å². The van der Waals surface area contributed by atoms with Crippen LogP contribution in [0.4, 0.5) is 0 Å². The zero-order valence-electron chi connectivity index (χ0n) is 20.1. The van der Waals surface area contributed by atoms with Gasteiger partial charge in [-0.2, -0.15) is 0 Å². The first-order chi connectivity index (χ1) is 16.6. The summed E-state index contributed by atoms with van der Waals surface area (Å²) in [5.41, 5.74) is 1.38. The lowest BCUT2D eigenvalue weighted by molar-refractivity contribution is -0.123. The molecule has 7 nitrogen and oxygen atoms in total. The van der Waals surface area contributed by atoms with Gasteiger partial charge in [0.2, 0.25) is 0 Å². The standard InChI is InChI=1S/C28H27NO6/c1-13-24(32)22(15(3)30)26-23(25(13)33)28(4)20(35-26)12-19(31)21(27(28)34)14(2)29-18-11-7-9-16-8-5-6-10-17(16)18/h5-6,8,10,12,18,29,32-33H,7,9,11H2,1-4H3/t18?,28-/m0/s1. The molecule has 2 aromatic carbocycles. The van der Waals surface area contributed by atoms with Crippen LogP contribution >= 0.6 is 0 Å². The highest BCUT2D eigenvalue weighted by atomic mass is 16.5. The molecule has 0 fully saturated rings. The third-order valence-electron chi connectivity index (χ3n) is 7.52. The zero-order chi connectivity index (χ0) is 25.2. The highest BCUT2D eigenvalue weighted by Gasteiger charge is 2.56. The van der Waals surface area contributed by atoms with Gasteiger partial charge < -0.3 is 20.3 Å². The highest BCUT2D eigenvalue weighted by molar-refractivity contribution is 6.31. The van der Waals surface area contributed by atoms with Gasteiger partial charge in [-0.15, -0.1) is 0 Å². The van der Waals surface area contributed by atoms with Gasteiger partial charge in [0.15, 0.2) is 17.3 Å². The second-order valence-electron chi connectivity index (χ2n) is 9.67. The number of benzene rings is 2. The van der Waals surface area contributed by atoms with Crippen LogP contribution in [0.25, 0.3) is 0 Å². The van der Waals surface area contributed by atoms with Crippen molar-refractivity contribution in [2.24, 2.45) is 0 Å². The summed E-state index contributed by atoms with van der Waals surface area (Å²) in [4.78, 5) is 39.4. The van der Waals surface area contributed by atoms with Crippen LogP contribution in [0.1, 0.15) is 72.3 Å². The first kappa shape index (κ1) is 22.9. The minimum atomic E-state index is -1.52. The topological polar surface area (TPSA) is 113 Å². The molecule has 0 saturated carbocycles. The van der Waals surface area contributed by atoms with Crippen molar-refractivity contribution in [2.75, 3.05) is 0 Å². The van der Waals surface area contributed by atoms with E-state index < -0.39 is 28.5 Å². The lowest BCUT2D eigenvalue weighted by atomic mass is 9.70. The summed E-state index contributed by atoms with van der Waals surface area (Å²) in [6.45, 7) is 6.01. The molecule has 3 aliphatic rings. The largest absolute Gasteiger partial charge is 0.507 e. The molecule has 3 N–H and O–H groups in total. The number of fused-ring (bicyclic) bond motifs is 4. The predicted octanol–water partition coefficient (Wildman–Crippen LogP) is 4.24. The summed E-state index contributed by atoms with van der Waals surface area (Å²) in [6, 6.07) is 8.11. The number of nitrogens with one attached hydrogen (secondary N) is 1. The Balaban J connectivity index is 1.63. The molecule has 0 spiro atoms. The summed E-state index contributed by atoms with van der Waals surface area (Å²) >= 11 is 0.